The van der Waals surface area contributed by atoms with Gasteiger partial charge in [0.25, 0.3) is 5.91 Å². The van der Waals surface area contributed by atoms with Crippen molar-refractivity contribution in [2.24, 2.45) is 17.4 Å². The molecule has 1 heterocycles. The van der Waals surface area contributed by atoms with Crippen LogP contribution in [0.1, 0.15) is 36.5 Å². The molecule has 39 heavy (non-hydrogen) atoms. The number of carboxylic acids is 1. The number of ether oxygens (including phenoxy) is 2. The van der Waals surface area contributed by atoms with Gasteiger partial charge in [0, 0.05) is 12.0 Å². The zero-order chi connectivity index (χ0) is 29.3. The molecule has 1 saturated heterocycles. The van der Waals surface area contributed by atoms with Crippen molar-refractivity contribution in [1.82, 2.24) is 10.6 Å². The Morgan fingerprint density at radius 1 is 1.08 bits per heavy atom. The van der Waals surface area contributed by atoms with E-state index in [-0.39, 0.29) is 18.4 Å². The maximum absolute atomic E-state index is 13.0. The number of carboxylic acid groups (broad SMARTS) is 1. The van der Waals surface area contributed by atoms with E-state index >= 15 is 0 Å². The third kappa shape index (κ3) is 8.43. The topological polar surface area (TPSA) is 261 Å². The molecule has 0 aliphatic carbocycles. The SMILES string of the molecule is CCC(C(=O)NC(CCC(=O)O)C(N)=O)C(O[C@H]1[C@H](O)[C@@H](CO)OC(O)[C@@H]1NC(=O)c1ccccc1)C(N)=O. The Labute approximate surface area is 223 Å². The largest absolute Gasteiger partial charge is 0.481 e. The zero-order valence-electron chi connectivity index (χ0n) is 21.1. The summed E-state index contributed by atoms with van der Waals surface area (Å²) >= 11 is 0. The van der Waals surface area contributed by atoms with Gasteiger partial charge in [-0.25, -0.2) is 0 Å². The van der Waals surface area contributed by atoms with Crippen LogP contribution in [0.15, 0.2) is 30.3 Å². The predicted molar refractivity (Wildman–Crippen MR) is 131 cm³/mol. The Morgan fingerprint density at radius 3 is 2.23 bits per heavy atom. The molecule has 0 saturated carbocycles. The molecular formula is C24H34N4O11. The number of benzene rings is 1. The molecule has 0 bridgehead atoms. The lowest BCUT2D eigenvalue weighted by atomic mass is 9.93. The van der Waals surface area contributed by atoms with E-state index in [1.54, 1.807) is 18.2 Å². The van der Waals surface area contributed by atoms with Crippen LogP contribution < -0.4 is 22.1 Å². The van der Waals surface area contributed by atoms with Gasteiger partial charge >= 0.3 is 5.97 Å². The fourth-order valence-electron chi connectivity index (χ4n) is 4.12. The number of rotatable bonds is 14. The molecular weight excluding hydrogens is 520 g/mol. The average Bonchev–Trinajstić information content (AvgIpc) is 2.89. The van der Waals surface area contributed by atoms with Crippen LogP contribution in [0.2, 0.25) is 0 Å². The number of aliphatic hydroxyl groups excluding tert-OH is 3. The van der Waals surface area contributed by atoms with Crippen molar-refractivity contribution in [3.8, 4) is 0 Å². The first-order valence-electron chi connectivity index (χ1n) is 12.2. The number of aliphatic carboxylic acids is 1. The summed E-state index contributed by atoms with van der Waals surface area (Å²) in [5.74, 6) is -6.35. The number of primary amides is 2. The van der Waals surface area contributed by atoms with Crippen LogP contribution in [-0.4, -0.2) is 99.4 Å². The molecule has 1 aromatic carbocycles. The minimum Gasteiger partial charge on any atom is -0.481 e. The Morgan fingerprint density at radius 2 is 1.72 bits per heavy atom. The van der Waals surface area contributed by atoms with E-state index < -0.39 is 91.3 Å². The standard InChI is InChI=1S/C24H34N4O11/c1-2-12(23(36)27-13(20(25)33)8-9-15(30)31)18(21(26)34)39-19-16(24(37)38-14(10-29)17(19)32)28-22(35)11-6-4-3-5-7-11/h3-7,12-14,16-19,24,29,32,37H,2,8-10H2,1H3,(H2,25,33)(H2,26,34)(H,27,36)(H,28,35)(H,30,31)/t12?,13?,14-,16-,17-,18?,19-,24?/m1/s1. The number of hydrogen-bond acceptors (Lipinski definition) is 10. The smallest absolute Gasteiger partial charge is 0.303 e. The molecule has 1 fully saturated rings. The van der Waals surface area contributed by atoms with Crippen LogP contribution >= 0.6 is 0 Å². The first kappa shape index (κ1) is 31.6. The van der Waals surface area contributed by atoms with Crippen molar-refractivity contribution in [3.63, 3.8) is 0 Å². The van der Waals surface area contributed by atoms with Gasteiger partial charge in [0.1, 0.15) is 36.5 Å². The number of hydrogen-bond donors (Lipinski definition) is 8. The van der Waals surface area contributed by atoms with E-state index in [2.05, 4.69) is 10.6 Å². The average molecular weight is 555 g/mol. The normalized spacial score (nSPS) is 25.1. The molecule has 1 aromatic rings. The van der Waals surface area contributed by atoms with Crippen LogP contribution in [0.25, 0.3) is 0 Å². The summed E-state index contributed by atoms with van der Waals surface area (Å²) in [6.07, 6.45) is -9.11. The maximum atomic E-state index is 13.0. The molecule has 216 valence electrons. The van der Waals surface area contributed by atoms with E-state index in [0.717, 1.165) is 0 Å². The number of carbonyl (C=O) groups is 5. The molecule has 0 radical (unpaired) electrons. The fraction of sp³-hybridized carbons (Fsp3) is 0.542. The highest BCUT2D eigenvalue weighted by Crippen LogP contribution is 2.26. The lowest BCUT2D eigenvalue weighted by Gasteiger charge is -2.44. The summed E-state index contributed by atoms with van der Waals surface area (Å²) in [5, 5.41) is 44.6. The van der Waals surface area contributed by atoms with E-state index in [1.807, 2.05) is 0 Å². The lowest BCUT2D eigenvalue weighted by molar-refractivity contribution is -0.268. The Hall–Kier alpha value is -3.63. The summed E-state index contributed by atoms with van der Waals surface area (Å²) in [7, 11) is 0. The summed E-state index contributed by atoms with van der Waals surface area (Å²) in [4.78, 5) is 60.9. The minimum atomic E-state index is -1.80. The highest BCUT2D eigenvalue weighted by molar-refractivity contribution is 5.94. The van der Waals surface area contributed by atoms with Gasteiger partial charge < -0.3 is 52.0 Å². The maximum Gasteiger partial charge on any atom is 0.303 e. The zero-order valence-corrected chi connectivity index (χ0v) is 21.1. The highest BCUT2D eigenvalue weighted by Gasteiger charge is 2.49. The summed E-state index contributed by atoms with van der Waals surface area (Å²) < 4.78 is 11.0. The molecule has 1 aliphatic heterocycles. The van der Waals surface area contributed by atoms with Gasteiger partial charge in [-0.15, -0.1) is 0 Å². The Bertz CT molecular complexity index is 1020. The lowest BCUT2D eigenvalue weighted by Crippen LogP contribution is -2.66. The van der Waals surface area contributed by atoms with E-state index in [4.69, 9.17) is 26.0 Å². The van der Waals surface area contributed by atoms with Gasteiger partial charge in [0.2, 0.25) is 17.7 Å². The fourth-order valence-corrected chi connectivity index (χ4v) is 4.12. The number of nitrogens with one attached hydrogen (secondary N) is 2. The second-order valence-electron chi connectivity index (χ2n) is 8.94. The van der Waals surface area contributed by atoms with E-state index in [0.29, 0.717) is 0 Å². The number of amides is 4. The summed E-state index contributed by atoms with van der Waals surface area (Å²) in [6, 6.07) is 4.98. The molecule has 4 unspecified atom stereocenters. The van der Waals surface area contributed by atoms with Crippen molar-refractivity contribution >= 4 is 29.6 Å². The van der Waals surface area contributed by atoms with Crippen LogP contribution in [0, 0.1) is 5.92 Å². The van der Waals surface area contributed by atoms with Crippen molar-refractivity contribution in [3.05, 3.63) is 35.9 Å². The molecule has 8 atom stereocenters. The van der Waals surface area contributed by atoms with Gasteiger partial charge in [-0.05, 0) is 25.0 Å². The van der Waals surface area contributed by atoms with E-state index in [1.165, 1.54) is 19.1 Å². The third-order valence-electron chi connectivity index (χ3n) is 6.24. The first-order valence-corrected chi connectivity index (χ1v) is 12.2. The minimum absolute atomic E-state index is 0.0732. The number of nitrogens with two attached hydrogens (primary N) is 2. The molecule has 15 nitrogen and oxygen atoms in total. The molecule has 1 aliphatic rings. The van der Waals surface area contributed by atoms with Crippen LogP contribution in [0.3, 0.4) is 0 Å². The molecule has 0 aromatic heterocycles. The van der Waals surface area contributed by atoms with Crippen molar-refractivity contribution in [2.75, 3.05) is 6.61 Å². The van der Waals surface area contributed by atoms with Crippen LogP contribution in [0.5, 0.6) is 0 Å². The summed E-state index contributed by atoms with van der Waals surface area (Å²) in [6.45, 7) is 0.737. The Balaban J connectivity index is 2.33. The quantitative estimate of drug-likeness (QED) is 0.115. The Kier molecular flexibility index (Phi) is 11.7. The highest BCUT2D eigenvalue weighted by atomic mass is 16.6. The van der Waals surface area contributed by atoms with Gasteiger partial charge in [-0.1, -0.05) is 25.1 Å². The first-order chi connectivity index (χ1) is 18.4. The number of aliphatic hydroxyl groups is 3. The van der Waals surface area contributed by atoms with Gasteiger partial charge in [-0.3, -0.25) is 24.0 Å². The van der Waals surface area contributed by atoms with Crippen LogP contribution in [-0.2, 0) is 28.7 Å². The third-order valence-corrected chi connectivity index (χ3v) is 6.24. The van der Waals surface area contributed by atoms with Crippen molar-refractivity contribution in [1.29, 1.82) is 0 Å². The van der Waals surface area contributed by atoms with Crippen molar-refractivity contribution < 1.29 is 53.9 Å². The molecule has 2 rings (SSSR count). The monoisotopic (exact) mass is 554 g/mol. The molecule has 15 heteroatoms. The van der Waals surface area contributed by atoms with Gasteiger partial charge in [0.05, 0.1) is 12.5 Å². The molecule has 4 amide bonds. The van der Waals surface area contributed by atoms with Gasteiger partial charge in [0.15, 0.2) is 6.29 Å². The second kappa shape index (κ2) is 14.5. The second-order valence-corrected chi connectivity index (χ2v) is 8.94. The van der Waals surface area contributed by atoms with Gasteiger partial charge in [-0.2, -0.15) is 0 Å². The summed E-state index contributed by atoms with van der Waals surface area (Å²) in [5.41, 5.74) is 11.0. The van der Waals surface area contributed by atoms with Crippen LogP contribution in [0.4, 0.5) is 0 Å². The molecule has 0 spiro atoms. The predicted octanol–water partition coefficient (Wildman–Crippen LogP) is -3.04. The molecule has 10 N–H and O–H groups in total. The number of carbonyl (C=O) groups excluding carboxylic acids is 4. The van der Waals surface area contributed by atoms with Crippen molar-refractivity contribution in [2.45, 2.75) is 69.0 Å². The van der Waals surface area contributed by atoms with E-state index in [9.17, 15) is 39.3 Å².